The maximum absolute atomic E-state index is 12.7. The number of ether oxygens (including phenoxy) is 2. The maximum Gasteiger partial charge on any atom is 0.232 e. The Morgan fingerprint density at radius 1 is 1.14 bits per heavy atom. The lowest BCUT2D eigenvalue weighted by Gasteiger charge is -2.22. The summed E-state index contributed by atoms with van der Waals surface area (Å²) in [7, 11) is 0. The summed E-state index contributed by atoms with van der Waals surface area (Å²) in [4.78, 5) is 34.2. The number of hydrogen-bond donors (Lipinski definition) is 2. The molecule has 0 bridgehead atoms. The monoisotopic (exact) mass is 378 g/mol. The number of rotatable bonds is 3. The molecule has 2 aliphatic rings. The molecule has 8 heteroatoms. The molecule has 0 spiro atoms. The van der Waals surface area contributed by atoms with Crippen molar-refractivity contribution in [2.24, 2.45) is 5.92 Å². The van der Waals surface area contributed by atoms with Gasteiger partial charge < -0.3 is 19.4 Å². The number of nitrogens with zero attached hydrogens (tertiary/aromatic N) is 2. The second-order valence-corrected chi connectivity index (χ2v) is 6.83. The lowest BCUT2D eigenvalue weighted by atomic mass is 10.1. The molecule has 2 aliphatic heterocycles. The number of benzene rings is 2. The van der Waals surface area contributed by atoms with E-state index >= 15 is 0 Å². The number of amides is 2. The number of para-hydroxylation sites is 2. The lowest BCUT2D eigenvalue weighted by molar-refractivity contribution is -0.122. The largest absolute Gasteiger partial charge is 0.486 e. The number of aromatic amines is 1. The molecule has 0 saturated carbocycles. The molecule has 28 heavy (non-hydrogen) atoms. The summed E-state index contributed by atoms with van der Waals surface area (Å²) >= 11 is 0. The van der Waals surface area contributed by atoms with Gasteiger partial charge in [-0.2, -0.15) is 0 Å². The van der Waals surface area contributed by atoms with Gasteiger partial charge in [0.2, 0.25) is 17.8 Å². The average molecular weight is 378 g/mol. The van der Waals surface area contributed by atoms with Crippen LogP contribution in [0.25, 0.3) is 11.0 Å². The smallest absolute Gasteiger partial charge is 0.232 e. The lowest BCUT2D eigenvalue weighted by Crippen LogP contribution is -2.28. The third-order valence-corrected chi connectivity index (χ3v) is 4.96. The van der Waals surface area contributed by atoms with Crippen LogP contribution in [0.5, 0.6) is 11.5 Å². The van der Waals surface area contributed by atoms with Crippen molar-refractivity contribution < 1.29 is 19.1 Å². The molecule has 1 aromatic heterocycles. The van der Waals surface area contributed by atoms with Crippen molar-refractivity contribution in [3.05, 3.63) is 42.5 Å². The first kappa shape index (κ1) is 16.6. The van der Waals surface area contributed by atoms with Crippen molar-refractivity contribution in [1.82, 2.24) is 9.97 Å². The summed E-state index contributed by atoms with van der Waals surface area (Å²) in [6.07, 6.45) is 0.153. The fraction of sp³-hybridized carbons (Fsp3) is 0.250. The Bertz CT molecular complexity index is 1040. The molecule has 5 rings (SSSR count). The average Bonchev–Trinajstić information content (AvgIpc) is 3.30. The summed E-state index contributed by atoms with van der Waals surface area (Å²) in [5.41, 5.74) is 2.32. The first-order valence-electron chi connectivity index (χ1n) is 9.13. The number of aromatic nitrogens is 2. The van der Waals surface area contributed by atoms with Gasteiger partial charge in [0, 0.05) is 24.7 Å². The highest BCUT2D eigenvalue weighted by molar-refractivity contribution is 6.03. The van der Waals surface area contributed by atoms with E-state index in [1.54, 1.807) is 17.0 Å². The van der Waals surface area contributed by atoms with Crippen LogP contribution in [0.1, 0.15) is 6.42 Å². The van der Waals surface area contributed by atoms with Crippen molar-refractivity contribution in [1.29, 1.82) is 0 Å². The van der Waals surface area contributed by atoms with Crippen molar-refractivity contribution in [2.45, 2.75) is 6.42 Å². The summed E-state index contributed by atoms with van der Waals surface area (Å²) in [5, 5.41) is 2.79. The fourth-order valence-corrected chi connectivity index (χ4v) is 3.56. The molecule has 2 amide bonds. The SMILES string of the molecule is O=C(Nc1nc2ccccc2[nH]1)[C@@H]1CC(=O)N(c2ccc3c(c2)OCCO3)C1. The Morgan fingerprint density at radius 3 is 2.82 bits per heavy atom. The van der Waals surface area contributed by atoms with Crippen LogP contribution in [0.15, 0.2) is 42.5 Å². The molecule has 0 unspecified atom stereocenters. The topological polar surface area (TPSA) is 96.5 Å². The van der Waals surface area contributed by atoms with Gasteiger partial charge in [-0.15, -0.1) is 0 Å². The summed E-state index contributed by atoms with van der Waals surface area (Å²) in [6, 6.07) is 12.9. The van der Waals surface area contributed by atoms with Crippen molar-refractivity contribution in [3.8, 4) is 11.5 Å². The number of anilines is 2. The number of imidazole rings is 1. The van der Waals surface area contributed by atoms with Crippen LogP contribution in [0.3, 0.4) is 0 Å². The second kappa shape index (κ2) is 6.56. The van der Waals surface area contributed by atoms with E-state index in [1.165, 1.54) is 0 Å². The van der Waals surface area contributed by atoms with Gasteiger partial charge in [0.25, 0.3) is 0 Å². The Hall–Kier alpha value is -3.55. The molecule has 1 fully saturated rings. The molecule has 3 heterocycles. The molecular weight excluding hydrogens is 360 g/mol. The minimum absolute atomic E-state index is 0.0959. The minimum Gasteiger partial charge on any atom is -0.486 e. The van der Waals surface area contributed by atoms with Gasteiger partial charge in [-0.1, -0.05) is 12.1 Å². The van der Waals surface area contributed by atoms with Crippen LogP contribution in [0.4, 0.5) is 11.6 Å². The van der Waals surface area contributed by atoms with E-state index in [0.717, 1.165) is 11.0 Å². The van der Waals surface area contributed by atoms with Gasteiger partial charge >= 0.3 is 0 Å². The van der Waals surface area contributed by atoms with Gasteiger partial charge in [-0.25, -0.2) is 4.98 Å². The number of hydrogen-bond acceptors (Lipinski definition) is 5. The van der Waals surface area contributed by atoms with Crippen LogP contribution in [0, 0.1) is 5.92 Å². The predicted molar refractivity (Wildman–Crippen MR) is 103 cm³/mol. The van der Waals surface area contributed by atoms with Gasteiger partial charge in [0.15, 0.2) is 11.5 Å². The van der Waals surface area contributed by atoms with Crippen molar-refractivity contribution in [3.63, 3.8) is 0 Å². The van der Waals surface area contributed by atoms with Gasteiger partial charge in [0.1, 0.15) is 13.2 Å². The summed E-state index contributed by atoms with van der Waals surface area (Å²) in [5.74, 6) is 0.895. The van der Waals surface area contributed by atoms with Crippen LogP contribution in [-0.2, 0) is 9.59 Å². The number of carbonyl (C=O) groups excluding carboxylic acids is 2. The number of nitrogens with one attached hydrogen (secondary N) is 2. The summed E-state index contributed by atoms with van der Waals surface area (Å²) < 4.78 is 11.1. The Labute approximate surface area is 160 Å². The second-order valence-electron chi connectivity index (χ2n) is 6.83. The maximum atomic E-state index is 12.7. The molecular formula is C20H18N4O4. The molecule has 0 radical (unpaired) electrons. The third kappa shape index (κ3) is 2.92. The van der Waals surface area contributed by atoms with Crippen LogP contribution >= 0.6 is 0 Å². The normalized spacial score (nSPS) is 18.5. The van der Waals surface area contributed by atoms with Gasteiger partial charge in [-0.05, 0) is 24.3 Å². The number of H-pyrrole nitrogens is 1. The minimum atomic E-state index is -0.450. The predicted octanol–water partition coefficient (Wildman–Crippen LogP) is 2.33. The molecule has 3 aromatic rings. The highest BCUT2D eigenvalue weighted by Gasteiger charge is 2.36. The number of carbonyl (C=O) groups is 2. The quantitative estimate of drug-likeness (QED) is 0.729. The van der Waals surface area contributed by atoms with Crippen molar-refractivity contribution in [2.75, 3.05) is 30.0 Å². The zero-order chi connectivity index (χ0) is 19.1. The first-order valence-corrected chi connectivity index (χ1v) is 9.13. The highest BCUT2D eigenvalue weighted by atomic mass is 16.6. The molecule has 2 N–H and O–H groups in total. The Kier molecular flexibility index (Phi) is 3.89. The van der Waals surface area contributed by atoms with E-state index < -0.39 is 5.92 Å². The Morgan fingerprint density at radius 2 is 1.96 bits per heavy atom. The van der Waals surface area contributed by atoms with Gasteiger partial charge in [-0.3, -0.25) is 14.9 Å². The van der Waals surface area contributed by atoms with Crippen LogP contribution in [0.2, 0.25) is 0 Å². The molecule has 142 valence electrons. The third-order valence-electron chi connectivity index (χ3n) is 4.96. The fourth-order valence-electron chi connectivity index (χ4n) is 3.56. The zero-order valence-electron chi connectivity index (χ0n) is 15.0. The highest BCUT2D eigenvalue weighted by Crippen LogP contribution is 2.36. The van der Waals surface area contributed by atoms with Crippen molar-refractivity contribution >= 4 is 34.5 Å². The van der Waals surface area contributed by atoms with E-state index in [2.05, 4.69) is 15.3 Å². The van der Waals surface area contributed by atoms with E-state index in [4.69, 9.17) is 9.47 Å². The van der Waals surface area contributed by atoms with E-state index in [0.29, 0.717) is 42.9 Å². The van der Waals surface area contributed by atoms with Crippen LogP contribution < -0.4 is 19.7 Å². The first-order chi connectivity index (χ1) is 13.7. The molecule has 8 nitrogen and oxygen atoms in total. The van der Waals surface area contributed by atoms with E-state index in [9.17, 15) is 9.59 Å². The summed E-state index contributed by atoms with van der Waals surface area (Å²) in [6.45, 7) is 1.30. The van der Waals surface area contributed by atoms with Crippen LogP contribution in [-0.4, -0.2) is 41.5 Å². The van der Waals surface area contributed by atoms with E-state index in [-0.39, 0.29) is 18.2 Å². The number of fused-ring (bicyclic) bond motifs is 2. The Balaban J connectivity index is 1.31. The molecule has 1 saturated heterocycles. The molecule has 1 atom stereocenters. The molecule has 0 aliphatic carbocycles. The zero-order valence-corrected chi connectivity index (χ0v) is 15.0. The molecule has 2 aromatic carbocycles. The standard InChI is InChI=1S/C20H18N4O4/c25-18-9-12(19(26)23-20-21-14-3-1-2-4-15(14)22-20)11-24(18)13-5-6-16-17(10-13)28-8-7-27-16/h1-6,10,12H,7-9,11H2,(H2,21,22,23,26)/t12-/m1/s1. The van der Waals surface area contributed by atoms with Gasteiger partial charge in [0.05, 0.1) is 17.0 Å². The van der Waals surface area contributed by atoms with E-state index in [1.807, 2.05) is 30.3 Å².